The van der Waals surface area contributed by atoms with Crippen molar-refractivity contribution in [1.82, 2.24) is 9.55 Å². The second-order valence-corrected chi connectivity index (χ2v) is 6.20. The van der Waals surface area contributed by atoms with Gasteiger partial charge in [0, 0.05) is 24.1 Å². The van der Waals surface area contributed by atoms with E-state index in [1.54, 1.807) is 0 Å². The highest BCUT2D eigenvalue weighted by Gasteiger charge is 2.31. The molecule has 1 N–H and O–H groups in total. The zero-order chi connectivity index (χ0) is 13.3. The van der Waals surface area contributed by atoms with Crippen molar-refractivity contribution in [3.8, 4) is 5.69 Å². The fourth-order valence-corrected chi connectivity index (χ4v) is 2.95. The van der Waals surface area contributed by atoms with Crippen molar-refractivity contribution in [3.63, 3.8) is 0 Å². The number of benzene rings is 1. The summed E-state index contributed by atoms with van der Waals surface area (Å²) in [6, 6.07) is 10.9. The molecule has 1 aromatic carbocycles. The average Bonchev–Trinajstić information content (AvgIpc) is 2.98. The monoisotopic (exact) mass is 255 g/mol. The van der Waals surface area contributed by atoms with Crippen LogP contribution in [0.2, 0.25) is 0 Å². The van der Waals surface area contributed by atoms with E-state index in [4.69, 9.17) is 0 Å². The number of anilines is 1. The lowest BCUT2D eigenvalue weighted by atomic mass is 9.92. The molecular formula is C16H21N3. The summed E-state index contributed by atoms with van der Waals surface area (Å²) in [5.74, 6) is 0.953. The number of imidazole rings is 1. The maximum Gasteiger partial charge on any atom is 0.207 e. The van der Waals surface area contributed by atoms with Gasteiger partial charge in [0.2, 0.25) is 5.95 Å². The van der Waals surface area contributed by atoms with E-state index in [1.807, 2.05) is 18.5 Å². The van der Waals surface area contributed by atoms with Gasteiger partial charge in [-0.15, -0.1) is 0 Å². The molecule has 0 saturated heterocycles. The van der Waals surface area contributed by atoms with E-state index >= 15 is 0 Å². The number of aromatic nitrogens is 2. The third-order valence-corrected chi connectivity index (χ3v) is 3.98. The quantitative estimate of drug-likeness (QED) is 0.902. The lowest BCUT2D eigenvalue weighted by molar-refractivity contribution is 0.378. The van der Waals surface area contributed by atoms with Gasteiger partial charge in [-0.25, -0.2) is 4.98 Å². The number of hydrogen-bond donors (Lipinski definition) is 1. The Morgan fingerprint density at radius 1 is 1.26 bits per heavy atom. The Balaban J connectivity index is 1.78. The van der Waals surface area contributed by atoms with Gasteiger partial charge < -0.3 is 5.32 Å². The number of rotatable bonds is 3. The van der Waals surface area contributed by atoms with E-state index in [1.165, 1.54) is 19.3 Å². The van der Waals surface area contributed by atoms with Gasteiger partial charge >= 0.3 is 0 Å². The summed E-state index contributed by atoms with van der Waals surface area (Å²) in [6.45, 7) is 4.69. The van der Waals surface area contributed by atoms with Crippen molar-refractivity contribution >= 4 is 5.95 Å². The minimum absolute atomic E-state index is 0.460. The molecule has 0 bridgehead atoms. The molecule has 1 aliphatic carbocycles. The molecule has 1 atom stereocenters. The van der Waals surface area contributed by atoms with E-state index in [0.29, 0.717) is 11.5 Å². The summed E-state index contributed by atoms with van der Waals surface area (Å²) in [7, 11) is 0. The highest BCUT2D eigenvalue weighted by Crippen LogP contribution is 2.38. The standard InChI is InChI=1S/C16H21N3/c1-16(2)9-8-13(12-16)18-15-17-10-11-19(15)14-6-4-3-5-7-14/h3-7,10-11,13H,8-9,12H2,1-2H3,(H,17,18). The van der Waals surface area contributed by atoms with Crippen molar-refractivity contribution in [3.05, 3.63) is 42.7 Å². The van der Waals surface area contributed by atoms with Crippen LogP contribution in [0, 0.1) is 5.41 Å². The summed E-state index contributed by atoms with van der Waals surface area (Å²) in [5.41, 5.74) is 1.61. The molecule has 1 aliphatic rings. The second kappa shape index (κ2) is 4.72. The normalized spacial score (nSPS) is 21.5. The van der Waals surface area contributed by atoms with Crippen LogP contribution in [0.4, 0.5) is 5.95 Å². The van der Waals surface area contributed by atoms with Gasteiger partial charge in [0.15, 0.2) is 0 Å². The van der Waals surface area contributed by atoms with Gasteiger partial charge in [-0.2, -0.15) is 0 Å². The third-order valence-electron chi connectivity index (χ3n) is 3.98. The Hall–Kier alpha value is -1.77. The molecule has 0 spiro atoms. The maximum atomic E-state index is 4.46. The smallest absolute Gasteiger partial charge is 0.207 e. The SMILES string of the molecule is CC1(C)CCC(Nc2nccn2-c2ccccc2)C1. The van der Waals surface area contributed by atoms with Gasteiger partial charge in [0.1, 0.15) is 0 Å². The first-order valence-corrected chi connectivity index (χ1v) is 6.99. The second-order valence-electron chi connectivity index (χ2n) is 6.20. The lowest BCUT2D eigenvalue weighted by Gasteiger charge is -2.18. The summed E-state index contributed by atoms with van der Waals surface area (Å²) in [5, 5.41) is 3.60. The Labute approximate surface area is 114 Å². The van der Waals surface area contributed by atoms with Gasteiger partial charge in [-0.1, -0.05) is 32.0 Å². The molecule has 3 nitrogen and oxygen atoms in total. The first kappa shape index (κ1) is 12.3. The van der Waals surface area contributed by atoms with Crippen LogP contribution in [-0.2, 0) is 0 Å². The highest BCUT2D eigenvalue weighted by molar-refractivity contribution is 5.42. The predicted molar refractivity (Wildman–Crippen MR) is 78.6 cm³/mol. The summed E-state index contributed by atoms with van der Waals surface area (Å²) in [6.07, 6.45) is 7.60. The molecule has 2 aromatic rings. The van der Waals surface area contributed by atoms with Crippen molar-refractivity contribution < 1.29 is 0 Å². The molecule has 1 heterocycles. The molecule has 1 aromatic heterocycles. The Kier molecular flexibility index (Phi) is 3.05. The van der Waals surface area contributed by atoms with E-state index in [-0.39, 0.29) is 0 Å². The van der Waals surface area contributed by atoms with E-state index < -0.39 is 0 Å². The number of para-hydroxylation sites is 1. The molecule has 3 heteroatoms. The Bertz CT molecular complexity index is 542. The summed E-state index contributed by atoms with van der Waals surface area (Å²) in [4.78, 5) is 4.46. The van der Waals surface area contributed by atoms with Gasteiger partial charge in [-0.05, 0) is 36.8 Å². The van der Waals surface area contributed by atoms with Crippen LogP contribution in [0.25, 0.3) is 5.69 Å². The molecule has 19 heavy (non-hydrogen) atoms. The van der Waals surface area contributed by atoms with Gasteiger partial charge in [-0.3, -0.25) is 4.57 Å². The number of hydrogen-bond acceptors (Lipinski definition) is 2. The topological polar surface area (TPSA) is 29.9 Å². The fourth-order valence-electron chi connectivity index (χ4n) is 2.95. The van der Waals surface area contributed by atoms with Crippen molar-refractivity contribution in [2.24, 2.45) is 5.41 Å². The van der Waals surface area contributed by atoms with Crippen LogP contribution < -0.4 is 5.32 Å². The van der Waals surface area contributed by atoms with Crippen molar-refractivity contribution in [1.29, 1.82) is 0 Å². The first-order chi connectivity index (χ1) is 9.14. The summed E-state index contributed by atoms with van der Waals surface area (Å²) >= 11 is 0. The largest absolute Gasteiger partial charge is 0.353 e. The Morgan fingerprint density at radius 3 is 2.74 bits per heavy atom. The molecule has 100 valence electrons. The van der Waals surface area contributed by atoms with E-state index in [2.05, 4.69) is 53.0 Å². The maximum absolute atomic E-state index is 4.46. The minimum Gasteiger partial charge on any atom is -0.353 e. The predicted octanol–water partition coefficient (Wildman–Crippen LogP) is 3.86. The van der Waals surface area contributed by atoms with Crippen LogP contribution >= 0.6 is 0 Å². The first-order valence-electron chi connectivity index (χ1n) is 6.99. The van der Waals surface area contributed by atoms with Crippen molar-refractivity contribution in [2.75, 3.05) is 5.32 Å². The summed E-state index contributed by atoms with van der Waals surface area (Å²) < 4.78 is 2.12. The van der Waals surface area contributed by atoms with Crippen molar-refractivity contribution in [2.45, 2.75) is 39.2 Å². The zero-order valence-corrected chi connectivity index (χ0v) is 11.6. The molecule has 0 aliphatic heterocycles. The van der Waals surface area contributed by atoms with Crippen LogP contribution in [0.15, 0.2) is 42.7 Å². The van der Waals surface area contributed by atoms with E-state index in [9.17, 15) is 0 Å². The molecule has 1 saturated carbocycles. The number of nitrogens with zero attached hydrogens (tertiary/aromatic N) is 2. The van der Waals surface area contributed by atoms with Gasteiger partial charge in [0.05, 0.1) is 0 Å². The van der Waals surface area contributed by atoms with Gasteiger partial charge in [0.25, 0.3) is 0 Å². The minimum atomic E-state index is 0.460. The highest BCUT2D eigenvalue weighted by atomic mass is 15.2. The molecule has 1 fully saturated rings. The molecular weight excluding hydrogens is 234 g/mol. The van der Waals surface area contributed by atoms with Crippen LogP contribution in [0.3, 0.4) is 0 Å². The zero-order valence-electron chi connectivity index (χ0n) is 11.6. The Morgan fingerprint density at radius 2 is 2.05 bits per heavy atom. The van der Waals surface area contributed by atoms with Crippen LogP contribution in [0.1, 0.15) is 33.1 Å². The van der Waals surface area contributed by atoms with Crippen LogP contribution in [0.5, 0.6) is 0 Å². The molecule has 0 amide bonds. The number of nitrogens with one attached hydrogen (secondary N) is 1. The molecule has 3 rings (SSSR count). The average molecular weight is 255 g/mol. The van der Waals surface area contributed by atoms with E-state index in [0.717, 1.165) is 11.6 Å². The molecule has 1 unspecified atom stereocenters. The third kappa shape index (κ3) is 2.65. The molecule has 0 radical (unpaired) electrons. The fraction of sp³-hybridized carbons (Fsp3) is 0.438. The van der Waals surface area contributed by atoms with Crippen LogP contribution in [-0.4, -0.2) is 15.6 Å². The lowest BCUT2D eigenvalue weighted by Crippen LogP contribution is -2.19.